The van der Waals surface area contributed by atoms with Gasteiger partial charge in [-0.2, -0.15) is 0 Å². The van der Waals surface area contributed by atoms with E-state index in [9.17, 15) is 9.59 Å². The van der Waals surface area contributed by atoms with Crippen LogP contribution in [0.3, 0.4) is 0 Å². The van der Waals surface area contributed by atoms with Crippen LogP contribution in [0.1, 0.15) is 39.1 Å². The number of ether oxygens (including phenoxy) is 2. The first-order valence-electron chi connectivity index (χ1n) is 8.41. The summed E-state index contributed by atoms with van der Waals surface area (Å²) in [7, 11) is 0. The number of halogens is 1. The fourth-order valence-corrected chi connectivity index (χ4v) is 2.90. The van der Waals surface area contributed by atoms with Crippen molar-refractivity contribution in [3.05, 3.63) is 41.4 Å². The third-order valence-electron chi connectivity index (χ3n) is 4.02. The van der Waals surface area contributed by atoms with Crippen molar-refractivity contribution in [2.75, 3.05) is 18.1 Å². The summed E-state index contributed by atoms with van der Waals surface area (Å²) < 4.78 is 11.5. The van der Waals surface area contributed by atoms with Gasteiger partial charge in [-0.1, -0.05) is 26.0 Å². The van der Waals surface area contributed by atoms with E-state index in [1.54, 1.807) is 30.6 Å². The van der Waals surface area contributed by atoms with E-state index in [1.807, 2.05) is 6.92 Å². The number of hydrogen-bond acceptors (Lipinski definition) is 6. The second-order valence-corrected chi connectivity index (χ2v) is 6.26. The summed E-state index contributed by atoms with van der Waals surface area (Å²) in [6.45, 7) is 1.80. The quantitative estimate of drug-likeness (QED) is 0.749. The lowest BCUT2D eigenvalue weighted by Gasteiger charge is -2.30. The topological polar surface area (TPSA) is 102 Å². The van der Waals surface area contributed by atoms with Crippen LogP contribution in [0.25, 0.3) is 0 Å². The number of aliphatic carboxylic acids is 1. The van der Waals surface area contributed by atoms with Crippen LogP contribution in [0.4, 0.5) is 5.69 Å². The van der Waals surface area contributed by atoms with Crippen LogP contribution in [0, 0.1) is 0 Å². The number of benzene rings is 1. The molecule has 1 amide bonds. The Morgan fingerprint density at radius 3 is 2.75 bits per heavy atom. The third-order valence-corrected chi connectivity index (χ3v) is 4.31. The zero-order chi connectivity index (χ0) is 19.4. The molecule has 0 radical (unpaired) electrons. The van der Waals surface area contributed by atoms with Gasteiger partial charge in [0.05, 0.1) is 17.1 Å². The van der Waals surface area contributed by atoms with E-state index >= 15 is 0 Å². The first-order valence-corrected chi connectivity index (χ1v) is 8.79. The monoisotopic (exact) mass is 407 g/mol. The first-order chi connectivity index (χ1) is 13.0. The zero-order valence-electron chi connectivity index (χ0n) is 14.6. The molecule has 3 rings (SSSR count). The van der Waals surface area contributed by atoms with E-state index in [4.69, 9.17) is 26.2 Å². The molecule has 1 aromatic heterocycles. The molecular weight excluding hydrogens is 386 g/mol. The summed E-state index contributed by atoms with van der Waals surface area (Å²) in [6.07, 6.45) is 3.33. The Kier molecular flexibility index (Phi) is 7.17. The number of aromatic nitrogens is 2. The first kappa shape index (κ1) is 21.4. The lowest BCUT2D eigenvalue weighted by Crippen LogP contribution is -2.40. The highest BCUT2D eigenvalue weighted by molar-refractivity contribution is 6.32. The molecule has 9 heteroatoms. The number of carbonyl (C=O) groups is 2. The molecule has 0 fully saturated rings. The van der Waals surface area contributed by atoms with Gasteiger partial charge in [0.25, 0.3) is 5.91 Å². The predicted molar refractivity (Wildman–Crippen MR) is 104 cm³/mol. The SMILES string of the molecule is C.CC[C@@H](Oc1cc2c(cc1Cl)N(CCC(=O)O)C(=O)CO2)c1ncccn1. The number of rotatable bonds is 7. The Balaban J connectivity index is 0.00000280. The van der Waals surface area contributed by atoms with Crippen molar-refractivity contribution < 1.29 is 24.2 Å². The van der Waals surface area contributed by atoms with Crippen LogP contribution in [0.5, 0.6) is 11.5 Å². The van der Waals surface area contributed by atoms with E-state index in [0.717, 1.165) is 0 Å². The smallest absolute Gasteiger partial charge is 0.305 e. The van der Waals surface area contributed by atoms with Crippen LogP contribution in [0.2, 0.25) is 5.02 Å². The highest BCUT2D eigenvalue weighted by Crippen LogP contribution is 2.41. The molecule has 0 saturated carbocycles. The van der Waals surface area contributed by atoms with Crippen molar-refractivity contribution in [3.8, 4) is 11.5 Å². The minimum Gasteiger partial charge on any atom is -0.481 e. The van der Waals surface area contributed by atoms with Crippen molar-refractivity contribution >= 4 is 29.2 Å². The Morgan fingerprint density at radius 2 is 2.11 bits per heavy atom. The molecule has 1 atom stereocenters. The summed E-state index contributed by atoms with van der Waals surface area (Å²) in [5.74, 6) is 0.00610. The van der Waals surface area contributed by atoms with Gasteiger partial charge in [-0.15, -0.1) is 0 Å². The molecule has 1 aromatic carbocycles. The van der Waals surface area contributed by atoms with Crippen LogP contribution < -0.4 is 14.4 Å². The van der Waals surface area contributed by atoms with Gasteiger partial charge in [0.1, 0.15) is 11.5 Å². The van der Waals surface area contributed by atoms with E-state index in [0.29, 0.717) is 29.4 Å². The maximum Gasteiger partial charge on any atom is 0.305 e. The van der Waals surface area contributed by atoms with Crippen molar-refractivity contribution in [1.82, 2.24) is 9.97 Å². The second-order valence-electron chi connectivity index (χ2n) is 5.85. The Bertz CT molecular complexity index is 847. The molecule has 1 N–H and O–H groups in total. The van der Waals surface area contributed by atoms with Gasteiger partial charge in [-0.3, -0.25) is 9.59 Å². The molecule has 150 valence electrons. The molecule has 2 aromatic rings. The highest BCUT2D eigenvalue weighted by atomic mass is 35.5. The number of fused-ring (bicyclic) bond motifs is 1. The molecule has 8 nitrogen and oxygen atoms in total. The van der Waals surface area contributed by atoms with Gasteiger partial charge in [0, 0.05) is 25.0 Å². The van der Waals surface area contributed by atoms with Gasteiger partial charge in [0.15, 0.2) is 18.5 Å². The lowest BCUT2D eigenvalue weighted by atomic mass is 10.2. The van der Waals surface area contributed by atoms with Crippen molar-refractivity contribution in [1.29, 1.82) is 0 Å². The molecular formula is C19H22ClN3O5. The molecule has 1 aliphatic heterocycles. The second kappa shape index (κ2) is 9.36. The molecule has 0 unspecified atom stereocenters. The summed E-state index contributed by atoms with van der Waals surface area (Å²) in [5.41, 5.74) is 0.425. The summed E-state index contributed by atoms with van der Waals surface area (Å²) in [4.78, 5) is 32.7. The maximum absolute atomic E-state index is 12.1. The summed E-state index contributed by atoms with van der Waals surface area (Å²) in [5, 5.41) is 9.16. The molecule has 0 saturated heterocycles. The van der Waals surface area contributed by atoms with E-state index in [-0.39, 0.29) is 37.9 Å². The maximum atomic E-state index is 12.1. The zero-order valence-corrected chi connectivity index (χ0v) is 15.3. The summed E-state index contributed by atoms with van der Waals surface area (Å²) in [6, 6.07) is 4.87. The van der Waals surface area contributed by atoms with Crippen molar-refractivity contribution in [2.45, 2.75) is 33.3 Å². The largest absolute Gasteiger partial charge is 0.481 e. The van der Waals surface area contributed by atoms with Gasteiger partial charge < -0.3 is 19.5 Å². The predicted octanol–water partition coefficient (Wildman–Crippen LogP) is 3.50. The molecule has 2 heterocycles. The average Bonchev–Trinajstić information content (AvgIpc) is 2.66. The number of carboxylic acid groups (broad SMARTS) is 1. The fraction of sp³-hybridized carbons (Fsp3) is 0.368. The van der Waals surface area contributed by atoms with Gasteiger partial charge in [-0.05, 0) is 18.6 Å². The van der Waals surface area contributed by atoms with Crippen LogP contribution in [0.15, 0.2) is 30.6 Å². The number of anilines is 1. The molecule has 0 aliphatic carbocycles. The standard InChI is InChI=1S/C18H18ClN3O5.CH4/c1-2-13(18-20-5-3-6-21-18)27-14-9-15-12(8-11(14)19)22(7-4-17(24)25)16(23)10-26-15;/h3,5-6,8-9,13H,2,4,7,10H2,1H3,(H,24,25);1H4/t13-;/m1./s1. The van der Waals surface area contributed by atoms with Crippen LogP contribution in [-0.2, 0) is 9.59 Å². The highest BCUT2D eigenvalue weighted by Gasteiger charge is 2.28. The molecule has 0 bridgehead atoms. The minimum atomic E-state index is -0.990. The van der Waals surface area contributed by atoms with Crippen molar-refractivity contribution in [3.63, 3.8) is 0 Å². The average molecular weight is 408 g/mol. The van der Waals surface area contributed by atoms with E-state index < -0.39 is 12.1 Å². The Hall–Kier alpha value is -2.87. The Labute approximate surface area is 168 Å². The number of amides is 1. The van der Waals surface area contributed by atoms with Crippen LogP contribution in [-0.4, -0.2) is 40.1 Å². The molecule has 0 spiro atoms. The van der Waals surface area contributed by atoms with Gasteiger partial charge in [-0.25, -0.2) is 9.97 Å². The third kappa shape index (κ3) is 4.69. The summed E-state index contributed by atoms with van der Waals surface area (Å²) >= 11 is 6.35. The fourth-order valence-electron chi connectivity index (χ4n) is 2.69. The Morgan fingerprint density at radius 1 is 1.39 bits per heavy atom. The van der Waals surface area contributed by atoms with E-state index in [1.165, 1.54) is 4.90 Å². The molecule has 28 heavy (non-hydrogen) atoms. The number of carboxylic acids is 1. The molecule has 1 aliphatic rings. The number of nitrogens with zero attached hydrogens (tertiary/aromatic N) is 3. The normalized spacial score (nSPS) is 13.8. The number of carbonyl (C=O) groups excluding carboxylic acids is 1. The van der Waals surface area contributed by atoms with Crippen molar-refractivity contribution in [2.24, 2.45) is 0 Å². The van der Waals surface area contributed by atoms with E-state index in [2.05, 4.69) is 9.97 Å². The minimum absolute atomic E-state index is 0. The van der Waals surface area contributed by atoms with Gasteiger partial charge >= 0.3 is 5.97 Å². The van der Waals surface area contributed by atoms with Crippen LogP contribution >= 0.6 is 11.6 Å². The van der Waals surface area contributed by atoms with Gasteiger partial charge in [0.2, 0.25) is 0 Å². The number of hydrogen-bond donors (Lipinski definition) is 1. The lowest BCUT2D eigenvalue weighted by molar-refractivity contribution is -0.136.